The first kappa shape index (κ1) is 13.7. The predicted octanol–water partition coefficient (Wildman–Crippen LogP) is 2.46. The molecule has 0 amide bonds. The molecule has 0 spiro atoms. The highest BCUT2D eigenvalue weighted by molar-refractivity contribution is 6.30. The van der Waals surface area contributed by atoms with Gasteiger partial charge >= 0.3 is 0 Å². The summed E-state index contributed by atoms with van der Waals surface area (Å²) in [7, 11) is 0. The Balaban J connectivity index is 2.04. The number of halogens is 2. The van der Waals surface area contributed by atoms with Gasteiger partial charge in [-0.05, 0) is 30.3 Å². The second kappa shape index (κ2) is 6.47. The molecule has 0 saturated heterocycles. The first-order valence-corrected chi connectivity index (χ1v) is 6.02. The third kappa shape index (κ3) is 3.64. The Hall–Kier alpha value is -1.69. The summed E-state index contributed by atoms with van der Waals surface area (Å²) in [4.78, 5) is 3.69. The van der Waals surface area contributed by atoms with Gasteiger partial charge in [-0.2, -0.15) is 0 Å². The molecule has 0 saturated carbocycles. The Morgan fingerprint density at radius 1 is 1.32 bits per heavy atom. The maximum absolute atomic E-state index is 13.6. The molecular formula is C13H13ClFN3O. The van der Waals surface area contributed by atoms with E-state index in [-0.39, 0.29) is 6.61 Å². The lowest BCUT2D eigenvalue weighted by atomic mass is 10.1. The number of ether oxygens (including phenoxy) is 1. The molecule has 100 valence electrons. The van der Waals surface area contributed by atoms with Gasteiger partial charge in [-0.1, -0.05) is 11.6 Å². The number of nitrogens with one attached hydrogen (secondary N) is 1. The van der Waals surface area contributed by atoms with Crippen LogP contribution >= 0.6 is 11.6 Å². The number of rotatable bonds is 5. The van der Waals surface area contributed by atoms with Crippen LogP contribution < -0.4 is 16.0 Å². The molecule has 2 aromatic rings. The average Bonchev–Trinajstić information content (AvgIpc) is 2.43. The van der Waals surface area contributed by atoms with Crippen LogP contribution in [0.4, 0.5) is 4.39 Å². The summed E-state index contributed by atoms with van der Waals surface area (Å²) in [5.41, 5.74) is 2.93. The molecule has 1 aromatic heterocycles. The van der Waals surface area contributed by atoms with Gasteiger partial charge in [0.1, 0.15) is 18.2 Å². The molecule has 1 heterocycles. The third-order valence-corrected chi connectivity index (χ3v) is 2.86. The molecule has 1 aromatic carbocycles. The van der Waals surface area contributed by atoms with Gasteiger partial charge in [0.05, 0.1) is 12.2 Å². The number of aromatic nitrogens is 1. The Kier molecular flexibility index (Phi) is 4.68. The molecule has 1 atom stereocenters. The average molecular weight is 282 g/mol. The predicted molar refractivity (Wildman–Crippen MR) is 71.2 cm³/mol. The molecule has 0 radical (unpaired) electrons. The van der Waals surface area contributed by atoms with Crippen molar-refractivity contribution in [3.05, 3.63) is 59.1 Å². The summed E-state index contributed by atoms with van der Waals surface area (Å²) < 4.78 is 19.1. The monoisotopic (exact) mass is 281 g/mol. The molecule has 19 heavy (non-hydrogen) atoms. The minimum atomic E-state index is -0.460. The van der Waals surface area contributed by atoms with E-state index in [1.54, 1.807) is 30.3 Å². The highest BCUT2D eigenvalue weighted by atomic mass is 35.5. The smallest absolute Gasteiger partial charge is 0.146 e. The van der Waals surface area contributed by atoms with Crippen molar-refractivity contribution >= 4 is 11.6 Å². The minimum Gasteiger partial charge on any atom is -0.492 e. The zero-order valence-corrected chi connectivity index (χ0v) is 10.8. The van der Waals surface area contributed by atoms with Crippen LogP contribution in [0.15, 0.2) is 42.7 Å². The van der Waals surface area contributed by atoms with E-state index in [9.17, 15) is 4.39 Å². The molecule has 2 rings (SSSR count). The standard InChI is InChI=1S/C13H13ClFN3O/c14-9-1-3-10(4-2-9)19-8-13(18-16)11-5-6-17-7-12(11)15/h1-7,13,18H,8,16H2. The number of pyridine rings is 1. The highest BCUT2D eigenvalue weighted by Crippen LogP contribution is 2.19. The van der Waals surface area contributed by atoms with Crippen molar-refractivity contribution in [3.8, 4) is 5.75 Å². The molecule has 0 aliphatic heterocycles. The number of benzene rings is 1. The number of hydrazine groups is 1. The number of nitrogens with zero attached hydrogens (tertiary/aromatic N) is 1. The van der Waals surface area contributed by atoms with Gasteiger partial charge in [0.15, 0.2) is 0 Å². The largest absolute Gasteiger partial charge is 0.492 e. The second-order valence-corrected chi connectivity index (χ2v) is 4.32. The number of nitrogens with two attached hydrogens (primary N) is 1. The molecule has 3 N–H and O–H groups in total. The van der Waals surface area contributed by atoms with Gasteiger partial charge < -0.3 is 4.74 Å². The van der Waals surface area contributed by atoms with Crippen LogP contribution in [0.1, 0.15) is 11.6 Å². The van der Waals surface area contributed by atoms with E-state index in [1.165, 1.54) is 6.20 Å². The molecule has 6 heteroatoms. The zero-order valence-electron chi connectivity index (χ0n) is 10.0. The summed E-state index contributed by atoms with van der Waals surface area (Å²) >= 11 is 5.77. The second-order valence-electron chi connectivity index (χ2n) is 3.88. The minimum absolute atomic E-state index is 0.194. The Morgan fingerprint density at radius 2 is 2.05 bits per heavy atom. The quantitative estimate of drug-likeness (QED) is 0.653. The van der Waals surface area contributed by atoms with Crippen molar-refractivity contribution in [1.82, 2.24) is 10.4 Å². The van der Waals surface area contributed by atoms with Gasteiger partial charge in [-0.3, -0.25) is 10.8 Å². The third-order valence-electron chi connectivity index (χ3n) is 2.61. The van der Waals surface area contributed by atoms with E-state index >= 15 is 0 Å². The molecule has 0 fully saturated rings. The molecule has 0 aliphatic rings. The van der Waals surface area contributed by atoms with Crippen LogP contribution in [0.2, 0.25) is 5.02 Å². The molecular weight excluding hydrogens is 269 g/mol. The van der Waals surface area contributed by atoms with Crippen molar-refractivity contribution in [3.63, 3.8) is 0 Å². The fourth-order valence-corrected chi connectivity index (χ4v) is 1.73. The van der Waals surface area contributed by atoms with E-state index in [4.69, 9.17) is 22.2 Å². The first-order chi connectivity index (χ1) is 9.20. The normalized spacial score (nSPS) is 12.2. The number of hydrogen-bond acceptors (Lipinski definition) is 4. The van der Waals surface area contributed by atoms with E-state index in [2.05, 4.69) is 10.4 Å². The topological polar surface area (TPSA) is 60.2 Å². The molecule has 4 nitrogen and oxygen atoms in total. The van der Waals surface area contributed by atoms with E-state index in [1.807, 2.05) is 0 Å². The van der Waals surface area contributed by atoms with Crippen LogP contribution in [-0.2, 0) is 0 Å². The van der Waals surface area contributed by atoms with Crippen molar-refractivity contribution in [1.29, 1.82) is 0 Å². The summed E-state index contributed by atoms with van der Waals surface area (Å²) in [6, 6.07) is 8.01. The van der Waals surface area contributed by atoms with Crippen LogP contribution in [0.25, 0.3) is 0 Å². The summed E-state index contributed by atoms with van der Waals surface area (Å²) in [6.45, 7) is 0.194. The molecule has 0 aliphatic carbocycles. The fraction of sp³-hybridized carbons (Fsp3) is 0.154. The van der Waals surface area contributed by atoms with E-state index < -0.39 is 11.9 Å². The maximum atomic E-state index is 13.6. The van der Waals surface area contributed by atoms with Crippen molar-refractivity contribution in [2.75, 3.05) is 6.61 Å². The summed E-state index contributed by atoms with van der Waals surface area (Å²) in [5.74, 6) is 5.64. The van der Waals surface area contributed by atoms with Gasteiger partial charge in [0, 0.05) is 16.8 Å². The van der Waals surface area contributed by atoms with Crippen molar-refractivity contribution in [2.45, 2.75) is 6.04 Å². The highest BCUT2D eigenvalue weighted by Gasteiger charge is 2.15. The van der Waals surface area contributed by atoms with E-state index in [0.717, 1.165) is 6.20 Å². The summed E-state index contributed by atoms with van der Waals surface area (Å²) in [6.07, 6.45) is 2.65. The molecule has 0 bridgehead atoms. The first-order valence-electron chi connectivity index (χ1n) is 5.64. The van der Waals surface area contributed by atoms with Gasteiger partial charge in [-0.25, -0.2) is 9.82 Å². The Labute approximate surface area is 115 Å². The van der Waals surface area contributed by atoms with E-state index in [0.29, 0.717) is 16.3 Å². The Morgan fingerprint density at radius 3 is 2.68 bits per heavy atom. The lowest BCUT2D eigenvalue weighted by Gasteiger charge is -2.17. The van der Waals surface area contributed by atoms with Gasteiger partial charge in [0.25, 0.3) is 0 Å². The maximum Gasteiger partial charge on any atom is 0.146 e. The fourth-order valence-electron chi connectivity index (χ4n) is 1.61. The number of hydrogen-bond donors (Lipinski definition) is 2. The lowest BCUT2D eigenvalue weighted by Crippen LogP contribution is -2.33. The van der Waals surface area contributed by atoms with Crippen molar-refractivity contribution < 1.29 is 9.13 Å². The van der Waals surface area contributed by atoms with Gasteiger partial charge in [-0.15, -0.1) is 0 Å². The van der Waals surface area contributed by atoms with Crippen molar-refractivity contribution in [2.24, 2.45) is 5.84 Å². The van der Waals surface area contributed by atoms with Crippen LogP contribution in [0, 0.1) is 5.82 Å². The zero-order chi connectivity index (χ0) is 13.7. The lowest BCUT2D eigenvalue weighted by molar-refractivity contribution is 0.264. The summed E-state index contributed by atoms with van der Waals surface area (Å²) in [5, 5.41) is 0.626. The van der Waals surface area contributed by atoms with Gasteiger partial charge in [0.2, 0.25) is 0 Å². The Bertz CT molecular complexity index is 536. The van der Waals surface area contributed by atoms with Crippen LogP contribution in [0.5, 0.6) is 5.75 Å². The SMILES string of the molecule is NNC(COc1ccc(Cl)cc1)c1ccncc1F. The molecule has 1 unspecified atom stereocenters. The van der Waals surface area contributed by atoms with Crippen LogP contribution in [0.3, 0.4) is 0 Å². The van der Waals surface area contributed by atoms with Crippen LogP contribution in [-0.4, -0.2) is 11.6 Å².